The van der Waals surface area contributed by atoms with Crippen molar-refractivity contribution < 1.29 is 13.2 Å². The molecule has 2 heterocycles. The van der Waals surface area contributed by atoms with E-state index in [1.54, 1.807) is 24.3 Å². The molecule has 1 aliphatic rings. The van der Waals surface area contributed by atoms with E-state index in [0.29, 0.717) is 53.2 Å². The molecule has 0 bridgehead atoms. The standard InChI is InChI=1S/C20H15ClF3N3O/c21-13-3-1-11(2-4-13)19-25-18-10-27(6-5-14(18)20(28)26-19)9-12-7-16(23)17(24)8-15(12)22/h1-4,7-8H,5-6,9-10H2,(H,25,26,28). The van der Waals surface area contributed by atoms with E-state index in [0.717, 1.165) is 6.07 Å². The molecule has 0 fully saturated rings. The first-order chi connectivity index (χ1) is 13.4. The Hall–Kier alpha value is -2.64. The fraction of sp³-hybridized carbons (Fsp3) is 0.200. The predicted octanol–water partition coefficient (Wildman–Crippen LogP) is 4.07. The number of fused-ring (bicyclic) bond motifs is 1. The number of aromatic amines is 1. The second-order valence-electron chi connectivity index (χ2n) is 6.67. The molecule has 0 aliphatic carbocycles. The van der Waals surface area contributed by atoms with Crippen LogP contribution in [0.3, 0.4) is 0 Å². The number of halogens is 4. The zero-order valence-electron chi connectivity index (χ0n) is 14.6. The van der Waals surface area contributed by atoms with Gasteiger partial charge in [0.15, 0.2) is 11.6 Å². The molecule has 1 aromatic heterocycles. The van der Waals surface area contributed by atoms with Gasteiger partial charge in [-0.1, -0.05) is 11.6 Å². The van der Waals surface area contributed by atoms with Gasteiger partial charge in [-0.3, -0.25) is 9.69 Å². The van der Waals surface area contributed by atoms with Crippen molar-refractivity contribution in [3.05, 3.63) is 86.0 Å². The Bertz CT molecular complexity index is 1100. The summed E-state index contributed by atoms with van der Waals surface area (Å²) in [6.45, 7) is 0.877. The largest absolute Gasteiger partial charge is 0.306 e. The van der Waals surface area contributed by atoms with Crippen molar-refractivity contribution in [3.63, 3.8) is 0 Å². The van der Waals surface area contributed by atoms with E-state index in [1.807, 2.05) is 4.90 Å². The molecular formula is C20H15ClF3N3O. The molecule has 0 amide bonds. The molecule has 0 spiro atoms. The van der Waals surface area contributed by atoms with Crippen LogP contribution in [0.15, 0.2) is 41.2 Å². The van der Waals surface area contributed by atoms with Crippen LogP contribution in [0.25, 0.3) is 11.4 Å². The van der Waals surface area contributed by atoms with Crippen molar-refractivity contribution in [3.8, 4) is 11.4 Å². The van der Waals surface area contributed by atoms with Crippen LogP contribution in [-0.2, 0) is 19.5 Å². The molecule has 1 aliphatic heterocycles. The second kappa shape index (κ2) is 7.41. The molecule has 4 rings (SSSR count). The van der Waals surface area contributed by atoms with Crippen molar-refractivity contribution in [2.45, 2.75) is 19.5 Å². The van der Waals surface area contributed by atoms with Crippen LogP contribution < -0.4 is 5.56 Å². The van der Waals surface area contributed by atoms with E-state index in [2.05, 4.69) is 9.97 Å². The zero-order valence-corrected chi connectivity index (χ0v) is 15.4. The minimum Gasteiger partial charge on any atom is -0.306 e. The summed E-state index contributed by atoms with van der Waals surface area (Å²) in [5, 5.41) is 0.573. The van der Waals surface area contributed by atoms with Gasteiger partial charge in [-0.2, -0.15) is 0 Å². The molecule has 28 heavy (non-hydrogen) atoms. The highest BCUT2D eigenvalue weighted by Gasteiger charge is 2.23. The minimum atomic E-state index is -1.22. The molecule has 0 unspecified atom stereocenters. The Morgan fingerprint density at radius 1 is 1.07 bits per heavy atom. The van der Waals surface area contributed by atoms with Crippen molar-refractivity contribution in [1.29, 1.82) is 0 Å². The second-order valence-corrected chi connectivity index (χ2v) is 7.10. The summed E-state index contributed by atoms with van der Waals surface area (Å²) in [5.41, 5.74) is 1.73. The first-order valence-electron chi connectivity index (χ1n) is 8.64. The Labute approximate surface area is 163 Å². The maximum absolute atomic E-state index is 13.9. The lowest BCUT2D eigenvalue weighted by molar-refractivity contribution is 0.236. The molecular weight excluding hydrogens is 391 g/mol. The van der Waals surface area contributed by atoms with Gasteiger partial charge >= 0.3 is 0 Å². The number of rotatable bonds is 3. The number of benzene rings is 2. The van der Waals surface area contributed by atoms with Gasteiger partial charge in [0.05, 0.1) is 5.69 Å². The van der Waals surface area contributed by atoms with Gasteiger partial charge in [-0.25, -0.2) is 18.2 Å². The van der Waals surface area contributed by atoms with Gasteiger partial charge in [0.2, 0.25) is 0 Å². The molecule has 4 nitrogen and oxygen atoms in total. The molecule has 2 aromatic carbocycles. The predicted molar refractivity (Wildman–Crippen MR) is 99.4 cm³/mol. The summed E-state index contributed by atoms with van der Waals surface area (Å²) in [6.07, 6.45) is 0.434. The number of hydrogen-bond acceptors (Lipinski definition) is 3. The highest BCUT2D eigenvalue weighted by molar-refractivity contribution is 6.30. The van der Waals surface area contributed by atoms with E-state index in [4.69, 9.17) is 11.6 Å². The highest BCUT2D eigenvalue weighted by atomic mass is 35.5. The first kappa shape index (κ1) is 18.7. The van der Waals surface area contributed by atoms with E-state index < -0.39 is 17.5 Å². The lowest BCUT2D eigenvalue weighted by Gasteiger charge is -2.28. The maximum atomic E-state index is 13.9. The van der Waals surface area contributed by atoms with Crippen LogP contribution in [-0.4, -0.2) is 21.4 Å². The number of nitrogens with one attached hydrogen (secondary N) is 1. The van der Waals surface area contributed by atoms with Crippen LogP contribution >= 0.6 is 11.6 Å². The molecule has 0 saturated carbocycles. The smallest absolute Gasteiger partial charge is 0.254 e. The topological polar surface area (TPSA) is 49.0 Å². The zero-order chi connectivity index (χ0) is 19.8. The summed E-state index contributed by atoms with van der Waals surface area (Å²) in [5.74, 6) is -2.69. The lowest BCUT2D eigenvalue weighted by atomic mass is 10.0. The van der Waals surface area contributed by atoms with Crippen LogP contribution in [0.2, 0.25) is 5.02 Å². The Kier molecular flexibility index (Phi) is 4.95. The summed E-state index contributed by atoms with van der Waals surface area (Å²) >= 11 is 5.90. The highest BCUT2D eigenvalue weighted by Crippen LogP contribution is 2.22. The lowest BCUT2D eigenvalue weighted by Crippen LogP contribution is -2.35. The minimum absolute atomic E-state index is 0.0603. The Morgan fingerprint density at radius 2 is 1.79 bits per heavy atom. The first-order valence-corrected chi connectivity index (χ1v) is 9.02. The average molecular weight is 406 g/mol. The number of nitrogens with zero attached hydrogens (tertiary/aromatic N) is 2. The third kappa shape index (κ3) is 3.68. The van der Waals surface area contributed by atoms with Gasteiger partial charge in [0.1, 0.15) is 11.6 Å². The van der Waals surface area contributed by atoms with Crippen LogP contribution in [0, 0.1) is 17.5 Å². The van der Waals surface area contributed by atoms with E-state index in [-0.39, 0.29) is 17.7 Å². The number of H-pyrrole nitrogens is 1. The van der Waals surface area contributed by atoms with Gasteiger partial charge in [0.25, 0.3) is 5.56 Å². The van der Waals surface area contributed by atoms with Crippen LogP contribution in [0.1, 0.15) is 16.8 Å². The van der Waals surface area contributed by atoms with Crippen molar-refractivity contribution in [2.24, 2.45) is 0 Å². The number of hydrogen-bond donors (Lipinski definition) is 1. The summed E-state index contributed by atoms with van der Waals surface area (Å²) < 4.78 is 40.5. The maximum Gasteiger partial charge on any atom is 0.254 e. The fourth-order valence-electron chi connectivity index (χ4n) is 3.30. The van der Waals surface area contributed by atoms with Gasteiger partial charge in [-0.05, 0) is 36.8 Å². The fourth-order valence-corrected chi connectivity index (χ4v) is 3.43. The average Bonchev–Trinajstić information content (AvgIpc) is 2.66. The van der Waals surface area contributed by atoms with Crippen molar-refractivity contribution in [2.75, 3.05) is 6.54 Å². The molecule has 3 aromatic rings. The third-order valence-electron chi connectivity index (χ3n) is 4.75. The molecule has 8 heteroatoms. The van der Waals surface area contributed by atoms with Crippen molar-refractivity contribution >= 4 is 11.6 Å². The van der Waals surface area contributed by atoms with Gasteiger partial charge in [-0.15, -0.1) is 0 Å². The van der Waals surface area contributed by atoms with Crippen LogP contribution in [0.5, 0.6) is 0 Å². The van der Waals surface area contributed by atoms with E-state index in [9.17, 15) is 18.0 Å². The Balaban J connectivity index is 1.62. The molecule has 0 radical (unpaired) electrons. The quantitative estimate of drug-likeness (QED) is 0.668. The Morgan fingerprint density at radius 3 is 2.54 bits per heavy atom. The van der Waals surface area contributed by atoms with Gasteiger partial charge in [0, 0.05) is 47.4 Å². The molecule has 1 N–H and O–H groups in total. The molecule has 0 atom stereocenters. The SMILES string of the molecule is O=c1[nH]c(-c2ccc(Cl)cc2)nc2c1CCN(Cc1cc(F)c(F)cc1F)C2. The summed E-state index contributed by atoms with van der Waals surface area (Å²) in [6, 6.07) is 8.33. The third-order valence-corrected chi connectivity index (χ3v) is 5.01. The van der Waals surface area contributed by atoms with Crippen molar-refractivity contribution in [1.82, 2.24) is 14.9 Å². The summed E-state index contributed by atoms with van der Waals surface area (Å²) in [7, 11) is 0. The number of aromatic nitrogens is 2. The van der Waals surface area contributed by atoms with Gasteiger partial charge < -0.3 is 4.98 Å². The van der Waals surface area contributed by atoms with E-state index in [1.165, 1.54) is 0 Å². The molecule has 144 valence electrons. The van der Waals surface area contributed by atoms with E-state index >= 15 is 0 Å². The normalized spacial score (nSPS) is 14.1. The monoisotopic (exact) mass is 405 g/mol. The molecule has 0 saturated heterocycles. The summed E-state index contributed by atoms with van der Waals surface area (Å²) in [4.78, 5) is 21.6. The van der Waals surface area contributed by atoms with Crippen LogP contribution in [0.4, 0.5) is 13.2 Å².